The molecular formula is C11H13NS3. The highest BCUT2D eigenvalue weighted by Gasteiger charge is 2.34. The molecule has 1 aromatic heterocycles. The lowest BCUT2D eigenvalue weighted by Crippen LogP contribution is -2.23. The van der Waals surface area contributed by atoms with Crippen LogP contribution in [0.15, 0.2) is 29.4 Å². The second kappa shape index (κ2) is 4.85. The zero-order valence-corrected chi connectivity index (χ0v) is 11.1. The normalized spacial score (nSPS) is 25.4. The summed E-state index contributed by atoms with van der Waals surface area (Å²) in [4.78, 5) is 5.20. The smallest absolute Gasteiger partial charge is 0.0685 e. The standard InChI is InChI=1S/C11H13NS3/c1-11(5-2-8-14-11)10(13)15-9-3-6-12-7-4-9/h3-4,6-7H,2,5,8H2,1H3. The number of aromatic nitrogens is 1. The third kappa shape index (κ3) is 2.74. The van der Waals surface area contributed by atoms with E-state index in [4.69, 9.17) is 12.2 Å². The Morgan fingerprint density at radius 3 is 2.87 bits per heavy atom. The molecule has 4 heteroatoms. The van der Waals surface area contributed by atoms with E-state index in [-0.39, 0.29) is 4.75 Å². The summed E-state index contributed by atoms with van der Waals surface area (Å²) in [5.74, 6) is 1.24. The van der Waals surface area contributed by atoms with Crippen LogP contribution in [-0.4, -0.2) is 19.7 Å². The third-order valence-electron chi connectivity index (χ3n) is 2.51. The largest absolute Gasteiger partial charge is 0.265 e. The summed E-state index contributed by atoms with van der Waals surface area (Å²) in [6.45, 7) is 2.27. The predicted octanol–water partition coefficient (Wildman–Crippen LogP) is 3.79. The zero-order valence-electron chi connectivity index (χ0n) is 8.60. The Morgan fingerprint density at radius 1 is 1.53 bits per heavy atom. The van der Waals surface area contributed by atoms with Gasteiger partial charge in [-0.3, -0.25) is 4.98 Å². The first-order valence-electron chi connectivity index (χ1n) is 4.97. The Balaban J connectivity index is 2.04. The lowest BCUT2D eigenvalue weighted by molar-refractivity contribution is 0.769. The monoisotopic (exact) mass is 255 g/mol. The van der Waals surface area contributed by atoms with Gasteiger partial charge in [0.15, 0.2) is 0 Å². The summed E-state index contributed by atoms with van der Waals surface area (Å²) in [5.41, 5.74) is 0. The maximum Gasteiger partial charge on any atom is 0.0685 e. The molecule has 80 valence electrons. The molecule has 0 saturated carbocycles. The van der Waals surface area contributed by atoms with Crippen LogP contribution in [0.2, 0.25) is 0 Å². The van der Waals surface area contributed by atoms with Gasteiger partial charge in [-0.1, -0.05) is 24.0 Å². The fraction of sp³-hybridized carbons (Fsp3) is 0.455. The number of thiocarbonyl (C=S) groups is 1. The van der Waals surface area contributed by atoms with E-state index in [1.54, 1.807) is 11.8 Å². The lowest BCUT2D eigenvalue weighted by Gasteiger charge is -2.22. The molecule has 2 heterocycles. The molecule has 2 rings (SSSR count). The van der Waals surface area contributed by atoms with Gasteiger partial charge in [0.2, 0.25) is 0 Å². The average Bonchev–Trinajstić information content (AvgIpc) is 2.68. The maximum absolute atomic E-state index is 5.53. The number of hydrogen-bond donors (Lipinski definition) is 0. The van der Waals surface area contributed by atoms with Gasteiger partial charge >= 0.3 is 0 Å². The highest BCUT2D eigenvalue weighted by molar-refractivity contribution is 8.25. The Bertz CT molecular complexity index is 344. The molecule has 0 radical (unpaired) electrons. The Hall–Kier alpha value is -0.0600. The van der Waals surface area contributed by atoms with Crippen molar-refractivity contribution in [2.45, 2.75) is 29.4 Å². The van der Waals surface area contributed by atoms with Crippen LogP contribution in [0.1, 0.15) is 19.8 Å². The molecule has 0 aliphatic carbocycles. The van der Waals surface area contributed by atoms with Crippen molar-refractivity contribution in [3.63, 3.8) is 0 Å². The summed E-state index contributed by atoms with van der Waals surface area (Å²) in [6, 6.07) is 4.03. The van der Waals surface area contributed by atoms with Crippen molar-refractivity contribution in [3.05, 3.63) is 24.5 Å². The predicted molar refractivity (Wildman–Crippen MR) is 72.8 cm³/mol. The minimum atomic E-state index is 0.198. The molecule has 1 fully saturated rings. The summed E-state index contributed by atoms with van der Waals surface area (Å²) in [7, 11) is 0. The summed E-state index contributed by atoms with van der Waals surface area (Å²) >= 11 is 9.24. The molecule has 1 aliphatic heterocycles. The summed E-state index contributed by atoms with van der Waals surface area (Å²) < 4.78 is 1.31. The third-order valence-corrected chi connectivity index (χ3v) is 6.15. The van der Waals surface area contributed by atoms with Crippen molar-refractivity contribution in [1.82, 2.24) is 4.98 Å². The molecule has 1 nitrogen and oxygen atoms in total. The minimum Gasteiger partial charge on any atom is -0.265 e. The van der Waals surface area contributed by atoms with E-state index < -0.39 is 0 Å². The van der Waals surface area contributed by atoms with Crippen LogP contribution in [0.4, 0.5) is 0 Å². The number of hydrogen-bond acceptors (Lipinski definition) is 4. The lowest BCUT2D eigenvalue weighted by atomic mass is 10.1. The van der Waals surface area contributed by atoms with Crippen LogP contribution in [0, 0.1) is 0 Å². The van der Waals surface area contributed by atoms with E-state index in [2.05, 4.69) is 11.9 Å². The topological polar surface area (TPSA) is 12.9 Å². The van der Waals surface area contributed by atoms with Crippen molar-refractivity contribution in [2.24, 2.45) is 0 Å². The highest BCUT2D eigenvalue weighted by Crippen LogP contribution is 2.43. The second-order valence-electron chi connectivity index (χ2n) is 3.76. The van der Waals surface area contributed by atoms with Crippen molar-refractivity contribution < 1.29 is 0 Å². The van der Waals surface area contributed by atoms with Gasteiger partial charge in [0, 0.05) is 17.3 Å². The molecule has 0 amide bonds. The van der Waals surface area contributed by atoms with Crippen LogP contribution in [0.5, 0.6) is 0 Å². The summed E-state index contributed by atoms with van der Waals surface area (Å²) in [6.07, 6.45) is 6.14. The molecular weight excluding hydrogens is 242 g/mol. The molecule has 0 aromatic carbocycles. The Morgan fingerprint density at radius 2 is 2.27 bits per heavy atom. The molecule has 1 unspecified atom stereocenters. The van der Waals surface area contributed by atoms with Gasteiger partial charge in [-0.05, 0) is 37.7 Å². The average molecular weight is 255 g/mol. The van der Waals surface area contributed by atoms with Crippen molar-refractivity contribution in [2.75, 3.05) is 5.75 Å². The Kier molecular flexibility index (Phi) is 3.69. The van der Waals surface area contributed by atoms with Gasteiger partial charge in [0.05, 0.1) is 8.94 Å². The SMILES string of the molecule is CC1(C(=S)Sc2ccncc2)CCCS1. The summed E-state index contributed by atoms with van der Waals surface area (Å²) in [5, 5.41) is 0. The zero-order chi connectivity index (χ0) is 10.7. The van der Waals surface area contributed by atoms with Crippen LogP contribution >= 0.6 is 35.7 Å². The molecule has 1 aromatic rings. The molecule has 1 aliphatic rings. The first-order chi connectivity index (χ1) is 7.21. The van der Waals surface area contributed by atoms with Gasteiger partial charge < -0.3 is 0 Å². The molecule has 0 N–H and O–H groups in total. The molecule has 1 atom stereocenters. The van der Waals surface area contributed by atoms with E-state index in [1.165, 1.54) is 23.5 Å². The first-order valence-corrected chi connectivity index (χ1v) is 7.18. The fourth-order valence-electron chi connectivity index (χ4n) is 1.56. The van der Waals surface area contributed by atoms with Crippen LogP contribution in [0.3, 0.4) is 0 Å². The molecule has 0 spiro atoms. The van der Waals surface area contributed by atoms with Crippen LogP contribution in [0.25, 0.3) is 0 Å². The first kappa shape index (κ1) is 11.4. The van der Waals surface area contributed by atoms with Crippen LogP contribution in [-0.2, 0) is 0 Å². The molecule has 0 bridgehead atoms. The van der Waals surface area contributed by atoms with Crippen LogP contribution < -0.4 is 0 Å². The minimum absolute atomic E-state index is 0.198. The quantitative estimate of drug-likeness (QED) is 0.589. The van der Waals surface area contributed by atoms with E-state index in [1.807, 2.05) is 36.3 Å². The van der Waals surface area contributed by atoms with Crippen molar-refractivity contribution in [3.8, 4) is 0 Å². The number of nitrogens with zero attached hydrogens (tertiary/aromatic N) is 1. The van der Waals surface area contributed by atoms with E-state index in [0.717, 1.165) is 4.20 Å². The van der Waals surface area contributed by atoms with Gasteiger partial charge in [-0.25, -0.2) is 0 Å². The van der Waals surface area contributed by atoms with Crippen molar-refractivity contribution in [1.29, 1.82) is 0 Å². The van der Waals surface area contributed by atoms with Crippen molar-refractivity contribution >= 4 is 39.9 Å². The molecule has 15 heavy (non-hydrogen) atoms. The Labute approximate surface area is 104 Å². The maximum atomic E-state index is 5.53. The van der Waals surface area contributed by atoms with E-state index >= 15 is 0 Å². The van der Waals surface area contributed by atoms with E-state index in [9.17, 15) is 0 Å². The van der Waals surface area contributed by atoms with Gasteiger partial charge in [0.1, 0.15) is 0 Å². The fourth-order valence-corrected chi connectivity index (χ4v) is 4.37. The number of pyridine rings is 1. The number of thioether (sulfide) groups is 2. The van der Waals surface area contributed by atoms with Gasteiger partial charge in [0.25, 0.3) is 0 Å². The molecule has 1 saturated heterocycles. The highest BCUT2D eigenvalue weighted by atomic mass is 32.2. The second-order valence-corrected chi connectivity index (χ2v) is 7.10. The number of rotatable bonds is 2. The van der Waals surface area contributed by atoms with Gasteiger partial charge in [-0.2, -0.15) is 0 Å². The van der Waals surface area contributed by atoms with Gasteiger partial charge in [-0.15, -0.1) is 11.8 Å². The van der Waals surface area contributed by atoms with E-state index in [0.29, 0.717) is 0 Å².